The quantitative estimate of drug-likeness (QED) is 0.152. The molecule has 1 aliphatic heterocycles. The first-order chi connectivity index (χ1) is 25.2. The predicted octanol–water partition coefficient (Wildman–Crippen LogP) is 3.66. The highest BCUT2D eigenvalue weighted by Gasteiger charge is 2.53. The van der Waals surface area contributed by atoms with Crippen LogP contribution >= 0.6 is 22.7 Å². The van der Waals surface area contributed by atoms with Crippen molar-refractivity contribution in [3.63, 3.8) is 0 Å². The molecule has 3 atom stereocenters. The van der Waals surface area contributed by atoms with Crippen molar-refractivity contribution in [3.8, 4) is 0 Å². The molecule has 4 heterocycles. The molecule has 4 rings (SSSR count). The van der Waals surface area contributed by atoms with Gasteiger partial charge in [0, 0.05) is 10.8 Å². The SMILES string of the molecule is C=C(NC(=O)c1csc([C@H](C)NC(=O)c2csc(CNC(=O)c3coc(C(=CC)NC(=O)[C@@H]4[C@@H](C)OC(C)(C)N4C(=O)OC(C)(C)C)n3)n2)n1)C(=O)OC. The molecule has 3 aromatic heterocycles. The summed E-state index contributed by atoms with van der Waals surface area (Å²) in [6.07, 6.45) is 1.28. The molecule has 4 N–H and O–H groups in total. The first-order valence-electron chi connectivity index (χ1n) is 16.4. The van der Waals surface area contributed by atoms with Crippen LogP contribution in [0.4, 0.5) is 4.79 Å². The first kappa shape index (κ1) is 41.3. The number of hydrogen-bond donors (Lipinski definition) is 4. The van der Waals surface area contributed by atoms with E-state index in [4.69, 9.17) is 13.9 Å². The Hall–Kier alpha value is -5.47. The molecule has 0 saturated carbocycles. The number of hydrogen-bond acceptors (Lipinski definition) is 15. The fraction of sp³-hybridized carbons (Fsp3) is 0.441. The molecule has 1 fully saturated rings. The number of methoxy groups -OCH3 is 1. The molecule has 0 aromatic carbocycles. The van der Waals surface area contributed by atoms with Gasteiger partial charge in [0.05, 0.1) is 31.5 Å². The summed E-state index contributed by atoms with van der Waals surface area (Å²) in [6, 6.07) is -1.63. The number of aromatic nitrogens is 3. The molecule has 0 bridgehead atoms. The van der Waals surface area contributed by atoms with Gasteiger partial charge in [-0.3, -0.25) is 24.1 Å². The van der Waals surface area contributed by atoms with E-state index in [2.05, 4.69) is 47.5 Å². The Bertz CT molecular complexity index is 1970. The van der Waals surface area contributed by atoms with Crippen molar-refractivity contribution in [2.24, 2.45) is 0 Å². The van der Waals surface area contributed by atoms with Crippen LogP contribution in [0.2, 0.25) is 0 Å². The molecular formula is C34H42N8O10S2. The molecule has 18 nitrogen and oxygen atoms in total. The number of nitrogens with zero attached hydrogens (tertiary/aromatic N) is 4. The molecule has 0 radical (unpaired) electrons. The third-order valence-electron chi connectivity index (χ3n) is 7.50. The maximum atomic E-state index is 13.5. The summed E-state index contributed by atoms with van der Waals surface area (Å²) in [5, 5.41) is 14.3. The van der Waals surface area contributed by atoms with Gasteiger partial charge in [-0.25, -0.2) is 24.5 Å². The number of allylic oxidation sites excluding steroid dienone is 1. The van der Waals surface area contributed by atoms with E-state index in [9.17, 15) is 28.8 Å². The lowest BCUT2D eigenvalue weighted by molar-refractivity contribution is -0.136. The normalized spacial score (nSPS) is 17.3. The molecule has 1 saturated heterocycles. The van der Waals surface area contributed by atoms with Crippen LogP contribution in [0, 0.1) is 0 Å². The lowest BCUT2D eigenvalue weighted by Crippen LogP contribution is -2.55. The third kappa shape index (κ3) is 9.94. The van der Waals surface area contributed by atoms with E-state index in [0.717, 1.165) is 36.0 Å². The van der Waals surface area contributed by atoms with Gasteiger partial charge in [-0.15, -0.1) is 22.7 Å². The van der Waals surface area contributed by atoms with Gasteiger partial charge in [-0.05, 0) is 55.4 Å². The van der Waals surface area contributed by atoms with Gasteiger partial charge in [-0.1, -0.05) is 12.7 Å². The Morgan fingerprint density at radius 2 is 1.69 bits per heavy atom. The number of carbonyl (C=O) groups excluding carboxylic acids is 6. The van der Waals surface area contributed by atoms with Crippen molar-refractivity contribution >= 4 is 64.1 Å². The van der Waals surface area contributed by atoms with E-state index in [1.807, 2.05) is 0 Å². The Morgan fingerprint density at radius 1 is 1.02 bits per heavy atom. The third-order valence-corrected chi connectivity index (χ3v) is 9.38. The highest BCUT2D eigenvalue weighted by atomic mass is 32.1. The molecule has 0 spiro atoms. The zero-order valence-corrected chi connectivity index (χ0v) is 32.8. The molecule has 5 amide bonds. The van der Waals surface area contributed by atoms with Crippen molar-refractivity contribution in [1.82, 2.24) is 41.1 Å². The molecule has 0 aliphatic carbocycles. The van der Waals surface area contributed by atoms with Crippen LogP contribution in [0.15, 0.2) is 39.8 Å². The number of esters is 1. The number of rotatable bonds is 12. The van der Waals surface area contributed by atoms with Crippen molar-refractivity contribution < 1.29 is 47.4 Å². The predicted molar refractivity (Wildman–Crippen MR) is 195 cm³/mol. The van der Waals surface area contributed by atoms with Crippen molar-refractivity contribution in [2.45, 2.75) is 91.4 Å². The van der Waals surface area contributed by atoms with Gasteiger partial charge >= 0.3 is 12.1 Å². The van der Waals surface area contributed by atoms with Crippen LogP contribution in [-0.4, -0.2) is 86.1 Å². The minimum Gasteiger partial charge on any atom is -0.464 e. The van der Waals surface area contributed by atoms with Crippen LogP contribution < -0.4 is 21.3 Å². The van der Waals surface area contributed by atoms with Crippen LogP contribution in [-0.2, 0) is 30.3 Å². The topological polar surface area (TPSA) is 233 Å². The van der Waals surface area contributed by atoms with Crippen LogP contribution in [0.1, 0.15) is 109 Å². The molecule has 3 aromatic rings. The molecule has 54 heavy (non-hydrogen) atoms. The highest BCUT2D eigenvalue weighted by Crippen LogP contribution is 2.34. The number of amides is 5. The van der Waals surface area contributed by atoms with E-state index in [0.29, 0.717) is 10.0 Å². The van der Waals surface area contributed by atoms with Gasteiger partial charge in [0.1, 0.15) is 50.7 Å². The van der Waals surface area contributed by atoms with Gasteiger partial charge in [0.25, 0.3) is 17.7 Å². The fourth-order valence-electron chi connectivity index (χ4n) is 5.09. The second kappa shape index (κ2) is 16.7. The monoisotopic (exact) mass is 786 g/mol. The smallest absolute Gasteiger partial charge is 0.413 e. The standard InChI is InChI=1S/C34H42N8O10S2/c1-11-19(39-28(46)24-18(4)51-34(8,9)42(24)32(48)52-33(5,6)7)29-40-20(13-50-29)25(43)35-12-23-38-21(14-53-23)26(44)36-16(2)30-41-22(15-54-30)27(45)37-17(3)31(47)49-10/h11,13-16,18,24H,3,12H2,1-2,4-10H3,(H,35,43)(H,36,44)(H,37,45)(H,39,46)/t16-,18+,24-/m0/s1. The Balaban J connectivity index is 1.32. The number of thiazole rings is 2. The van der Waals surface area contributed by atoms with E-state index >= 15 is 0 Å². The van der Waals surface area contributed by atoms with Crippen LogP contribution in [0.3, 0.4) is 0 Å². The van der Waals surface area contributed by atoms with Crippen LogP contribution in [0.25, 0.3) is 5.70 Å². The van der Waals surface area contributed by atoms with Gasteiger partial charge in [-0.2, -0.15) is 0 Å². The Kier molecular flexibility index (Phi) is 12.8. The van der Waals surface area contributed by atoms with Gasteiger partial charge < -0.3 is 39.9 Å². The molecule has 290 valence electrons. The number of ether oxygens (including phenoxy) is 3. The average Bonchev–Trinajstić information content (AvgIpc) is 3.90. The Labute approximate surface area is 318 Å². The zero-order valence-electron chi connectivity index (χ0n) is 31.1. The summed E-state index contributed by atoms with van der Waals surface area (Å²) in [6.45, 7) is 16.9. The first-order valence-corrected chi connectivity index (χ1v) is 18.2. The van der Waals surface area contributed by atoms with E-state index in [-0.39, 0.29) is 40.9 Å². The zero-order chi connectivity index (χ0) is 40.1. The molecular weight excluding hydrogens is 745 g/mol. The van der Waals surface area contributed by atoms with Crippen molar-refractivity contribution in [2.75, 3.05) is 7.11 Å². The largest absolute Gasteiger partial charge is 0.464 e. The van der Waals surface area contributed by atoms with E-state index < -0.39 is 65.2 Å². The lowest BCUT2D eigenvalue weighted by Gasteiger charge is -2.34. The molecule has 0 unspecified atom stereocenters. The summed E-state index contributed by atoms with van der Waals surface area (Å²) < 4.78 is 21.5. The lowest BCUT2D eigenvalue weighted by atomic mass is 10.1. The second-order valence-corrected chi connectivity index (χ2v) is 15.1. The van der Waals surface area contributed by atoms with E-state index in [1.54, 1.807) is 55.4 Å². The number of oxazole rings is 1. The number of carbonyl (C=O) groups is 6. The minimum atomic E-state index is -1.13. The minimum absolute atomic E-state index is 0.0284. The average molecular weight is 787 g/mol. The maximum Gasteiger partial charge on any atom is 0.413 e. The Morgan fingerprint density at radius 3 is 2.33 bits per heavy atom. The van der Waals surface area contributed by atoms with E-state index in [1.165, 1.54) is 21.7 Å². The molecule has 1 aliphatic rings. The summed E-state index contributed by atoms with van der Waals surface area (Å²) in [5.41, 5.74) is -1.96. The molecule has 20 heteroatoms. The summed E-state index contributed by atoms with van der Waals surface area (Å²) in [5.74, 6) is -3.17. The van der Waals surface area contributed by atoms with Crippen molar-refractivity contribution in [1.29, 1.82) is 0 Å². The van der Waals surface area contributed by atoms with Gasteiger partial charge in [0.2, 0.25) is 11.8 Å². The summed E-state index contributed by atoms with van der Waals surface area (Å²) >= 11 is 2.28. The summed E-state index contributed by atoms with van der Waals surface area (Å²) in [4.78, 5) is 90.3. The highest BCUT2D eigenvalue weighted by molar-refractivity contribution is 7.10. The summed E-state index contributed by atoms with van der Waals surface area (Å²) in [7, 11) is 1.16. The van der Waals surface area contributed by atoms with Crippen LogP contribution in [0.5, 0.6) is 0 Å². The fourth-order valence-corrected chi connectivity index (χ4v) is 6.61. The second-order valence-electron chi connectivity index (χ2n) is 13.3. The maximum absolute atomic E-state index is 13.5. The number of nitrogens with one attached hydrogen (secondary N) is 4. The van der Waals surface area contributed by atoms with Crippen molar-refractivity contribution in [3.05, 3.63) is 68.4 Å². The van der Waals surface area contributed by atoms with Gasteiger partial charge in [0.15, 0.2) is 5.69 Å².